The van der Waals surface area contributed by atoms with Crippen molar-refractivity contribution in [2.75, 3.05) is 18.8 Å². The Morgan fingerprint density at radius 2 is 2.08 bits per heavy atom. The highest BCUT2D eigenvalue weighted by Gasteiger charge is 2.25. The third kappa shape index (κ3) is 7.72. The molecule has 1 saturated carbocycles. The van der Waals surface area contributed by atoms with Crippen molar-refractivity contribution in [2.45, 2.75) is 57.2 Å². The van der Waals surface area contributed by atoms with Gasteiger partial charge in [0.05, 0.1) is 0 Å². The van der Waals surface area contributed by atoms with E-state index >= 15 is 0 Å². The number of benzene rings is 1. The molecule has 0 amide bonds. The Morgan fingerprint density at radius 3 is 2.77 bits per heavy atom. The van der Waals surface area contributed by atoms with Crippen LogP contribution in [0.3, 0.4) is 0 Å². The Labute approximate surface area is 182 Å². The summed E-state index contributed by atoms with van der Waals surface area (Å²) in [6.45, 7) is 5.60. The number of nitrogens with zero attached hydrogens (tertiary/aromatic N) is 1. The van der Waals surface area contributed by atoms with Crippen LogP contribution in [-0.2, 0) is 17.2 Å². The van der Waals surface area contributed by atoms with Crippen LogP contribution in [0.15, 0.2) is 29.3 Å². The predicted molar refractivity (Wildman–Crippen MR) is 124 cm³/mol. The van der Waals surface area contributed by atoms with Crippen molar-refractivity contribution in [1.82, 2.24) is 10.6 Å². The molecule has 2 N–H and O–H groups in total. The molecular weight excluding hydrogens is 481 g/mol. The molecule has 0 aliphatic heterocycles. The third-order valence-electron chi connectivity index (χ3n) is 4.58. The van der Waals surface area contributed by atoms with E-state index in [0.29, 0.717) is 17.8 Å². The lowest BCUT2D eigenvalue weighted by atomic mass is 9.95. The SMILES string of the molecule is CCNC(=NCCc1ccccc1Cl)NC1CCCC(S(=O)CC)C1.I. The van der Waals surface area contributed by atoms with Crippen molar-refractivity contribution in [2.24, 2.45) is 4.99 Å². The second kappa shape index (κ2) is 12.9. The van der Waals surface area contributed by atoms with Gasteiger partial charge >= 0.3 is 0 Å². The lowest BCUT2D eigenvalue weighted by molar-refractivity contribution is 0.413. The zero-order chi connectivity index (χ0) is 18.1. The molecule has 0 heterocycles. The summed E-state index contributed by atoms with van der Waals surface area (Å²) in [7, 11) is -0.701. The average Bonchev–Trinajstić information content (AvgIpc) is 2.63. The van der Waals surface area contributed by atoms with Crippen molar-refractivity contribution in [3.63, 3.8) is 0 Å². The van der Waals surface area contributed by atoms with Crippen LogP contribution in [-0.4, -0.2) is 40.3 Å². The zero-order valence-electron chi connectivity index (χ0n) is 15.7. The molecule has 1 aromatic carbocycles. The van der Waals surface area contributed by atoms with Crippen molar-refractivity contribution < 1.29 is 4.21 Å². The molecular formula is C19H31ClIN3OS. The molecule has 1 aliphatic carbocycles. The maximum Gasteiger partial charge on any atom is 0.191 e. The molecule has 2 rings (SSSR count). The molecule has 1 aliphatic rings. The number of aliphatic imine (C=N–C) groups is 1. The lowest BCUT2D eigenvalue weighted by Gasteiger charge is -2.30. The van der Waals surface area contributed by atoms with Crippen LogP contribution in [0.2, 0.25) is 5.02 Å². The molecule has 148 valence electrons. The Hall–Kier alpha value is -0.340. The highest BCUT2D eigenvalue weighted by atomic mass is 127. The molecule has 26 heavy (non-hydrogen) atoms. The van der Waals surface area contributed by atoms with E-state index < -0.39 is 10.8 Å². The fraction of sp³-hybridized carbons (Fsp3) is 0.632. The fourth-order valence-corrected chi connectivity index (χ4v) is 4.83. The van der Waals surface area contributed by atoms with E-state index in [4.69, 9.17) is 16.6 Å². The molecule has 3 atom stereocenters. The first-order valence-electron chi connectivity index (χ1n) is 9.29. The minimum absolute atomic E-state index is 0. The van der Waals surface area contributed by atoms with Gasteiger partial charge < -0.3 is 10.6 Å². The van der Waals surface area contributed by atoms with Gasteiger partial charge in [-0.1, -0.05) is 43.1 Å². The largest absolute Gasteiger partial charge is 0.357 e. The Bertz CT molecular complexity index is 600. The van der Waals surface area contributed by atoms with Gasteiger partial charge in [0.15, 0.2) is 5.96 Å². The van der Waals surface area contributed by atoms with Crippen LogP contribution >= 0.6 is 35.6 Å². The van der Waals surface area contributed by atoms with Crippen LogP contribution in [0.5, 0.6) is 0 Å². The van der Waals surface area contributed by atoms with E-state index in [1.807, 2.05) is 31.2 Å². The first-order chi connectivity index (χ1) is 12.1. The minimum Gasteiger partial charge on any atom is -0.357 e. The minimum atomic E-state index is -0.701. The van der Waals surface area contributed by atoms with Crippen LogP contribution < -0.4 is 10.6 Å². The summed E-state index contributed by atoms with van der Waals surface area (Å²) in [5, 5.41) is 7.98. The van der Waals surface area contributed by atoms with E-state index in [1.54, 1.807) is 0 Å². The number of nitrogens with one attached hydrogen (secondary N) is 2. The molecule has 1 aromatic rings. The van der Waals surface area contributed by atoms with Crippen molar-refractivity contribution in [3.8, 4) is 0 Å². The Kier molecular flexibility index (Phi) is 11.8. The molecule has 0 spiro atoms. The van der Waals surface area contributed by atoms with Gasteiger partial charge in [0.2, 0.25) is 0 Å². The summed E-state index contributed by atoms with van der Waals surface area (Å²) in [4.78, 5) is 4.69. The molecule has 0 aromatic heterocycles. The molecule has 0 saturated heterocycles. The third-order valence-corrected chi connectivity index (χ3v) is 6.69. The molecule has 0 radical (unpaired) electrons. The Morgan fingerprint density at radius 1 is 1.31 bits per heavy atom. The summed E-state index contributed by atoms with van der Waals surface area (Å²) in [6, 6.07) is 8.27. The first-order valence-corrected chi connectivity index (χ1v) is 11.1. The van der Waals surface area contributed by atoms with Crippen molar-refractivity contribution in [3.05, 3.63) is 34.9 Å². The van der Waals surface area contributed by atoms with Crippen LogP contribution in [0.4, 0.5) is 0 Å². The van der Waals surface area contributed by atoms with Gasteiger partial charge in [0, 0.05) is 46.0 Å². The summed E-state index contributed by atoms with van der Waals surface area (Å²) < 4.78 is 12.1. The fourth-order valence-electron chi connectivity index (χ4n) is 3.25. The zero-order valence-corrected chi connectivity index (χ0v) is 19.6. The summed E-state index contributed by atoms with van der Waals surface area (Å²) in [5.74, 6) is 1.60. The summed E-state index contributed by atoms with van der Waals surface area (Å²) in [5.41, 5.74) is 1.12. The van der Waals surface area contributed by atoms with Crippen molar-refractivity contribution in [1.29, 1.82) is 0 Å². The molecule has 0 bridgehead atoms. The molecule has 3 unspecified atom stereocenters. The second-order valence-electron chi connectivity index (χ2n) is 6.40. The van der Waals surface area contributed by atoms with E-state index in [0.717, 1.165) is 60.9 Å². The normalized spacial score (nSPS) is 21.6. The number of guanidine groups is 1. The van der Waals surface area contributed by atoms with Gasteiger partial charge in [0.1, 0.15) is 0 Å². The average molecular weight is 512 g/mol. The highest BCUT2D eigenvalue weighted by molar-refractivity contribution is 14.0. The topological polar surface area (TPSA) is 53.5 Å². The summed E-state index contributed by atoms with van der Waals surface area (Å²) in [6.07, 6.45) is 5.12. The van der Waals surface area contributed by atoms with Gasteiger partial charge in [-0.25, -0.2) is 0 Å². The van der Waals surface area contributed by atoms with E-state index in [9.17, 15) is 4.21 Å². The van der Waals surface area contributed by atoms with E-state index in [1.165, 1.54) is 0 Å². The van der Waals surface area contributed by atoms with Gasteiger partial charge in [0.25, 0.3) is 0 Å². The van der Waals surface area contributed by atoms with E-state index in [2.05, 4.69) is 17.6 Å². The molecule has 7 heteroatoms. The lowest BCUT2D eigenvalue weighted by Crippen LogP contribution is -2.46. The number of halogens is 2. The summed E-state index contributed by atoms with van der Waals surface area (Å²) >= 11 is 6.21. The van der Waals surface area contributed by atoms with Gasteiger partial charge in [-0.3, -0.25) is 9.20 Å². The van der Waals surface area contributed by atoms with Gasteiger partial charge in [-0.15, -0.1) is 24.0 Å². The number of hydrogen-bond donors (Lipinski definition) is 2. The Balaban J connectivity index is 0.00000338. The van der Waals surface area contributed by atoms with Gasteiger partial charge in [-0.05, 0) is 44.2 Å². The smallest absolute Gasteiger partial charge is 0.191 e. The van der Waals surface area contributed by atoms with Crippen molar-refractivity contribution >= 4 is 52.3 Å². The monoisotopic (exact) mass is 511 g/mol. The van der Waals surface area contributed by atoms with Crippen LogP contribution in [0.25, 0.3) is 0 Å². The highest BCUT2D eigenvalue weighted by Crippen LogP contribution is 2.23. The predicted octanol–water partition coefficient (Wildman–Crippen LogP) is 4.14. The standard InChI is InChI=1S/C19H30ClN3OS.HI/c1-3-21-19(22-13-12-15-8-5-6-11-18(15)20)23-16-9-7-10-17(14-16)25(24)4-2;/h5-6,8,11,16-17H,3-4,7,9-10,12-14H2,1-2H3,(H2,21,22,23);1H. The number of rotatable bonds is 7. The maximum absolute atomic E-state index is 12.1. The quantitative estimate of drug-likeness (QED) is 0.329. The number of hydrogen-bond acceptors (Lipinski definition) is 2. The van der Waals surface area contributed by atoms with Crippen LogP contribution in [0.1, 0.15) is 45.1 Å². The second-order valence-corrected chi connectivity index (χ2v) is 8.81. The van der Waals surface area contributed by atoms with Gasteiger partial charge in [-0.2, -0.15) is 0 Å². The first kappa shape index (κ1) is 23.7. The molecule has 4 nitrogen and oxygen atoms in total. The molecule has 1 fully saturated rings. The van der Waals surface area contributed by atoms with Crippen LogP contribution in [0, 0.1) is 0 Å². The maximum atomic E-state index is 12.1. The van der Waals surface area contributed by atoms with E-state index in [-0.39, 0.29) is 24.0 Å².